The Morgan fingerprint density at radius 2 is 1.94 bits per heavy atom. The van der Waals surface area contributed by atoms with Crippen molar-refractivity contribution in [1.29, 1.82) is 0 Å². The lowest BCUT2D eigenvalue weighted by molar-refractivity contribution is 0.308. The zero-order chi connectivity index (χ0) is 12.4. The lowest BCUT2D eigenvalue weighted by atomic mass is 9.81. The van der Waals surface area contributed by atoms with E-state index in [1.165, 1.54) is 25.3 Å². The zero-order valence-electron chi connectivity index (χ0n) is 10.2. The van der Waals surface area contributed by atoms with Crippen molar-refractivity contribution in [3.63, 3.8) is 0 Å². The van der Waals surface area contributed by atoms with Gasteiger partial charge in [-0.1, -0.05) is 36.9 Å². The highest BCUT2D eigenvalue weighted by molar-refractivity contribution is 6.31. The topological polar surface area (TPSA) is 26.0 Å². The molecule has 1 fully saturated rings. The average molecular weight is 256 g/mol. The van der Waals surface area contributed by atoms with Crippen molar-refractivity contribution < 1.29 is 4.39 Å². The van der Waals surface area contributed by atoms with Crippen LogP contribution in [0.3, 0.4) is 0 Å². The SMILES string of the molecule is Cc1cc(C(N)C2CCCCC2)c(Cl)cc1F. The zero-order valence-corrected chi connectivity index (χ0v) is 10.9. The molecule has 1 saturated carbocycles. The Labute approximate surface area is 107 Å². The third-order valence-electron chi connectivity index (χ3n) is 3.79. The average Bonchev–Trinajstić information content (AvgIpc) is 2.34. The molecular formula is C14H19ClFN. The Kier molecular flexibility index (Phi) is 4.05. The van der Waals surface area contributed by atoms with E-state index in [1.807, 2.05) is 0 Å². The Balaban J connectivity index is 2.23. The van der Waals surface area contributed by atoms with E-state index >= 15 is 0 Å². The molecule has 2 rings (SSSR count). The van der Waals surface area contributed by atoms with Crippen molar-refractivity contribution in [3.05, 3.63) is 34.1 Å². The first kappa shape index (κ1) is 12.8. The first-order valence-electron chi connectivity index (χ1n) is 6.30. The molecule has 1 aromatic rings. The van der Waals surface area contributed by atoms with Crippen molar-refractivity contribution in [2.45, 2.75) is 45.1 Å². The van der Waals surface area contributed by atoms with E-state index in [2.05, 4.69) is 0 Å². The van der Waals surface area contributed by atoms with Gasteiger partial charge >= 0.3 is 0 Å². The van der Waals surface area contributed by atoms with Crippen LogP contribution in [0.4, 0.5) is 4.39 Å². The van der Waals surface area contributed by atoms with Gasteiger partial charge < -0.3 is 5.73 Å². The molecule has 17 heavy (non-hydrogen) atoms. The molecule has 1 aromatic carbocycles. The Morgan fingerprint density at radius 1 is 1.29 bits per heavy atom. The van der Waals surface area contributed by atoms with Gasteiger partial charge in [0.05, 0.1) is 0 Å². The molecule has 0 amide bonds. The van der Waals surface area contributed by atoms with Crippen molar-refractivity contribution in [2.75, 3.05) is 0 Å². The largest absolute Gasteiger partial charge is 0.324 e. The highest BCUT2D eigenvalue weighted by Gasteiger charge is 2.24. The minimum Gasteiger partial charge on any atom is -0.324 e. The van der Waals surface area contributed by atoms with Crippen molar-refractivity contribution in [1.82, 2.24) is 0 Å². The van der Waals surface area contributed by atoms with Gasteiger partial charge in [-0.05, 0) is 42.9 Å². The number of rotatable bonds is 2. The second-order valence-electron chi connectivity index (χ2n) is 5.05. The van der Waals surface area contributed by atoms with E-state index in [4.69, 9.17) is 17.3 Å². The van der Waals surface area contributed by atoms with Gasteiger partial charge in [0, 0.05) is 11.1 Å². The smallest absolute Gasteiger partial charge is 0.127 e. The van der Waals surface area contributed by atoms with Gasteiger partial charge in [-0.25, -0.2) is 4.39 Å². The molecule has 0 spiro atoms. The van der Waals surface area contributed by atoms with Gasteiger partial charge in [0.15, 0.2) is 0 Å². The van der Waals surface area contributed by atoms with Crippen molar-refractivity contribution in [3.8, 4) is 0 Å². The third-order valence-corrected chi connectivity index (χ3v) is 4.12. The summed E-state index contributed by atoms with van der Waals surface area (Å²) in [7, 11) is 0. The maximum Gasteiger partial charge on any atom is 0.127 e. The molecule has 2 N–H and O–H groups in total. The van der Waals surface area contributed by atoms with E-state index in [-0.39, 0.29) is 11.9 Å². The van der Waals surface area contributed by atoms with Crippen LogP contribution in [0, 0.1) is 18.7 Å². The molecule has 0 saturated heterocycles. The second kappa shape index (κ2) is 5.36. The summed E-state index contributed by atoms with van der Waals surface area (Å²) in [5.74, 6) is 0.237. The van der Waals surface area contributed by atoms with Gasteiger partial charge in [0.2, 0.25) is 0 Å². The number of aryl methyl sites for hydroxylation is 1. The van der Waals surface area contributed by atoms with Crippen LogP contribution in [0.2, 0.25) is 5.02 Å². The molecule has 0 bridgehead atoms. The monoisotopic (exact) mass is 255 g/mol. The number of benzene rings is 1. The molecule has 1 atom stereocenters. The van der Waals surface area contributed by atoms with Crippen LogP contribution in [0.25, 0.3) is 0 Å². The molecule has 1 unspecified atom stereocenters. The molecular weight excluding hydrogens is 237 g/mol. The van der Waals surface area contributed by atoms with Crippen LogP contribution in [0.15, 0.2) is 12.1 Å². The summed E-state index contributed by atoms with van der Waals surface area (Å²) in [5, 5.41) is 0.464. The fourth-order valence-electron chi connectivity index (χ4n) is 2.68. The normalized spacial score (nSPS) is 19.3. The van der Waals surface area contributed by atoms with E-state index < -0.39 is 0 Å². The maximum atomic E-state index is 13.3. The third kappa shape index (κ3) is 2.80. The van der Waals surface area contributed by atoms with Crippen LogP contribution in [0.1, 0.15) is 49.3 Å². The molecule has 1 nitrogen and oxygen atoms in total. The molecule has 1 aliphatic carbocycles. The summed E-state index contributed by atoms with van der Waals surface area (Å²) < 4.78 is 13.3. The number of halogens is 2. The quantitative estimate of drug-likeness (QED) is 0.835. The van der Waals surface area contributed by atoms with Gasteiger partial charge in [-0.2, -0.15) is 0 Å². The van der Waals surface area contributed by atoms with Gasteiger partial charge in [0.1, 0.15) is 5.82 Å². The summed E-state index contributed by atoms with van der Waals surface area (Å²) in [4.78, 5) is 0. The van der Waals surface area contributed by atoms with E-state index in [0.717, 1.165) is 18.4 Å². The van der Waals surface area contributed by atoms with Crippen LogP contribution in [0.5, 0.6) is 0 Å². The van der Waals surface area contributed by atoms with Gasteiger partial charge in [-0.15, -0.1) is 0 Å². The standard InChI is InChI=1S/C14H19ClFN/c1-9-7-11(12(15)8-13(9)16)14(17)10-5-3-2-4-6-10/h7-8,10,14H,2-6,17H2,1H3. The summed E-state index contributed by atoms with van der Waals surface area (Å²) in [6.45, 7) is 1.75. The van der Waals surface area contributed by atoms with E-state index in [0.29, 0.717) is 16.5 Å². The first-order chi connectivity index (χ1) is 8.09. The fraction of sp³-hybridized carbons (Fsp3) is 0.571. The summed E-state index contributed by atoms with van der Waals surface area (Å²) in [6, 6.07) is 3.13. The summed E-state index contributed by atoms with van der Waals surface area (Å²) in [6.07, 6.45) is 6.12. The van der Waals surface area contributed by atoms with Crippen LogP contribution < -0.4 is 5.73 Å². The molecule has 0 aliphatic heterocycles. The lowest BCUT2D eigenvalue weighted by Gasteiger charge is -2.28. The summed E-state index contributed by atoms with van der Waals surface area (Å²) in [5.41, 5.74) is 7.80. The first-order valence-corrected chi connectivity index (χ1v) is 6.68. The van der Waals surface area contributed by atoms with Crippen molar-refractivity contribution in [2.24, 2.45) is 11.7 Å². The summed E-state index contributed by atoms with van der Waals surface area (Å²) >= 11 is 6.10. The fourth-order valence-corrected chi connectivity index (χ4v) is 2.96. The van der Waals surface area contributed by atoms with Gasteiger partial charge in [-0.3, -0.25) is 0 Å². The lowest BCUT2D eigenvalue weighted by Crippen LogP contribution is -2.24. The van der Waals surface area contributed by atoms with Crippen LogP contribution >= 0.6 is 11.6 Å². The Bertz CT molecular complexity index is 399. The highest BCUT2D eigenvalue weighted by Crippen LogP contribution is 2.36. The molecule has 0 heterocycles. The highest BCUT2D eigenvalue weighted by atomic mass is 35.5. The predicted molar refractivity (Wildman–Crippen MR) is 69.7 cm³/mol. The molecule has 0 radical (unpaired) electrons. The minimum atomic E-state index is -0.255. The maximum absolute atomic E-state index is 13.3. The number of hydrogen-bond donors (Lipinski definition) is 1. The van der Waals surface area contributed by atoms with E-state index in [1.54, 1.807) is 13.0 Å². The minimum absolute atomic E-state index is 0.0536. The Morgan fingerprint density at radius 3 is 2.59 bits per heavy atom. The van der Waals surface area contributed by atoms with Gasteiger partial charge in [0.25, 0.3) is 0 Å². The number of hydrogen-bond acceptors (Lipinski definition) is 1. The predicted octanol–water partition coefficient (Wildman–Crippen LogP) is 4.37. The van der Waals surface area contributed by atoms with Crippen LogP contribution in [-0.2, 0) is 0 Å². The Hall–Kier alpha value is -0.600. The van der Waals surface area contributed by atoms with Crippen molar-refractivity contribution >= 4 is 11.6 Å². The van der Waals surface area contributed by atoms with E-state index in [9.17, 15) is 4.39 Å². The number of nitrogens with two attached hydrogens (primary N) is 1. The van der Waals surface area contributed by atoms with Crippen LogP contribution in [-0.4, -0.2) is 0 Å². The second-order valence-corrected chi connectivity index (χ2v) is 5.45. The molecule has 94 valence electrons. The molecule has 0 aromatic heterocycles. The molecule has 1 aliphatic rings. The molecule has 3 heteroatoms.